The van der Waals surface area contributed by atoms with Crippen LogP contribution in [-0.4, -0.2) is 16.0 Å². The molecule has 0 aliphatic rings. The number of halogens is 3. The molecule has 0 atom stereocenters. The van der Waals surface area contributed by atoms with E-state index >= 15 is 0 Å². The van der Waals surface area contributed by atoms with E-state index in [4.69, 9.17) is 4.74 Å². The largest absolute Gasteiger partial charge is 0.488 e. The maximum atomic E-state index is 14.1. The van der Waals surface area contributed by atoms with Crippen LogP contribution in [0.1, 0.15) is 42.4 Å². The van der Waals surface area contributed by atoms with Crippen LogP contribution in [0.15, 0.2) is 77.3 Å². The van der Waals surface area contributed by atoms with Gasteiger partial charge in [-0.3, -0.25) is 4.79 Å². The zero-order valence-electron chi connectivity index (χ0n) is 20.5. The zero-order valence-corrected chi connectivity index (χ0v) is 22.1. The van der Waals surface area contributed by atoms with Crippen molar-refractivity contribution >= 4 is 21.8 Å². The lowest BCUT2D eigenvalue weighted by Crippen LogP contribution is -2.40. The van der Waals surface area contributed by atoms with Gasteiger partial charge in [-0.25, -0.2) is 8.78 Å². The molecule has 186 valence electrons. The van der Waals surface area contributed by atoms with Crippen LogP contribution >= 0.6 is 15.9 Å². The van der Waals surface area contributed by atoms with E-state index in [1.807, 2.05) is 70.2 Å². The highest BCUT2D eigenvalue weighted by atomic mass is 79.9. The Morgan fingerprint density at radius 1 is 0.972 bits per heavy atom. The molecule has 36 heavy (non-hydrogen) atoms. The fourth-order valence-corrected chi connectivity index (χ4v) is 4.25. The number of amides is 1. The van der Waals surface area contributed by atoms with E-state index in [2.05, 4.69) is 25.8 Å². The summed E-state index contributed by atoms with van der Waals surface area (Å²) in [6.07, 6.45) is 0. The van der Waals surface area contributed by atoms with Gasteiger partial charge in [0, 0.05) is 44.1 Å². The van der Waals surface area contributed by atoms with E-state index in [0.717, 1.165) is 33.2 Å². The number of carbonyl (C=O) groups excluding carboxylic acids is 1. The third kappa shape index (κ3) is 5.85. The molecule has 0 fully saturated rings. The molecule has 4 rings (SSSR count). The molecule has 4 nitrogen and oxygen atoms in total. The van der Waals surface area contributed by atoms with Crippen LogP contribution in [0.3, 0.4) is 0 Å². The second-order valence-corrected chi connectivity index (χ2v) is 10.5. The van der Waals surface area contributed by atoms with Crippen LogP contribution in [0.25, 0.3) is 16.9 Å². The highest BCUT2D eigenvalue weighted by Crippen LogP contribution is 2.36. The Kier molecular flexibility index (Phi) is 7.31. The van der Waals surface area contributed by atoms with E-state index in [9.17, 15) is 13.6 Å². The summed E-state index contributed by atoms with van der Waals surface area (Å²) in [5.41, 5.74) is 4.06. The zero-order chi connectivity index (χ0) is 26.0. The summed E-state index contributed by atoms with van der Waals surface area (Å²) in [5.74, 6) is -0.851. The molecular formula is C29H27BrF2N2O2. The quantitative estimate of drug-likeness (QED) is 0.267. The van der Waals surface area contributed by atoms with Gasteiger partial charge in [0.2, 0.25) is 0 Å². The number of aryl methyl sites for hydroxylation is 1. The average molecular weight is 553 g/mol. The first-order valence-corrected chi connectivity index (χ1v) is 12.3. The van der Waals surface area contributed by atoms with Gasteiger partial charge in [-0.15, -0.1) is 0 Å². The number of nitrogens with one attached hydrogen (secondary N) is 1. The van der Waals surface area contributed by atoms with Gasteiger partial charge in [0.05, 0.1) is 5.69 Å². The first kappa shape index (κ1) is 25.6. The van der Waals surface area contributed by atoms with Gasteiger partial charge in [-0.1, -0.05) is 15.9 Å². The van der Waals surface area contributed by atoms with Gasteiger partial charge in [0.15, 0.2) is 0 Å². The van der Waals surface area contributed by atoms with E-state index in [0.29, 0.717) is 11.3 Å². The summed E-state index contributed by atoms with van der Waals surface area (Å²) in [6.45, 7) is 7.78. The lowest BCUT2D eigenvalue weighted by atomic mass is 10.1. The lowest BCUT2D eigenvalue weighted by molar-refractivity contribution is 0.0919. The first-order chi connectivity index (χ1) is 17.0. The summed E-state index contributed by atoms with van der Waals surface area (Å²) in [6, 6.07) is 20.4. The molecule has 1 aromatic heterocycles. The molecule has 1 amide bonds. The standard InChI is InChI=1S/C29H27BrF2N2O2/c1-18-5-13-26(34(18)23-11-7-19(8-12-23)28(35)33-29(2,3)4)24-15-21(30)9-14-27(24)36-17-20-6-10-22(31)16-25(20)32/h5-16H,17H2,1-4H3,(H,33,35). The Balaban J connectivity index is 1.67. The smallest absolute Gasteiger partial charge is 0.251 e. The minimum absolute atomic E-state index is 0.0436. The Morgan fingerprint density at radius 2 is 1.69 bits per heavy atom. The van der Waals surface area contributed by atoms with Crippen LogP contribution in [0.4, 0.5) is 8.78 Å². The molecule has 1 heterocycles. The molecule has 0 aliphatic heterocycles. The van der Waals surface area contributed by atoms with Crippen molar-refractivity contribution in [3.05, 3.63) is 106 Å². The van der Waals surface area contributed by atoms with Gasteiger partial charge in [0.1, 0.15) is 24.0 Å². The van der Waals surface area contributed by atoms with Gasteiger partial charge in [-0.05, 0) is 94.4 Å². The topological polar surface area (TPSA) is 43.3 Å². The van der Waals surface area contributed by atoms with Gasteiger partial charge in [0.25, 0.3) is 5.91 Å². The normalized spacial score (nSPS) is 11.4. The van der Waals surface area contributed by atoms with Crippen molar-refractivity contribution in [3.8, 4) is 22.7 Å². The summed E-state index contributed by atoms with van der Waals surface area (Å²) in [7, 11) is 0. The lowest BCUT2D eigenvalue weighted by Gasteiger charge is -2.20. The summed E-state index contributed by atoms with van der Waals surface area (Å²) in [5, 5.41) is 2.97. The number of carbonyl (C=O) groups is 1. The number of ether oxygens (including phenoxy) is 1. The molecule has 0 radical (unpaired) electrons. The number of aromatic nitrogens is 1. The summed E-state index contributed by atoms with van der Waals surface area (Å²) in [4.78, 5) is 12.5. The van der Waals surface area contributed by atoms with Crippen LogP contribution in [-0.2, 0) is 6.61 Å². The third-order valence-corrected chi connectivity index (χ3v) is 6.06. The molecule has 7 heteroatoms. The predicted molar refractivity (Wildman–Crippen MR) is 142 cm³/mol. The number of nitrogens with zero attached hydrogens (tertiary/aromatic N) is 1. The molecule has 0 aliphatic carbocycles. The van der Waals surface area contributed by atoms with Crippen molar-refractivity contribution in [2.75, 3.05) is 0 Å². The first-order valence-electron chi connectivity index (χ1n) is 11.5. The van der Waals surface area contributed by atoms with Crippen LogP contribution < -0.4 is 10.1 Å². The van der Waals surface area contributed by atoms with Crippen molar-refractivity contribution in [1.82, 2.24) is 9.88 Å². The SMILES string of the molecule is Cc1ccc(-c2cc(Br)ccc2OCc2ccc(F)cc2F)n1-c1ccc(C(=O)NC(C)(C)C)cc1. The van der Waals surface area contributed by atoms with E-state index in [1.165, 1.54) is 12.1 Å². The third-order valence-electron chi connectivity index (χ3n) is 5.57. The van der Waals surface area contributed by atoms with E-state index in [-0.39, 0.29) is 23.6 Å². The van der Waals surface area contributed by atoms with Gasteiger partial charge < -0.3 is 14.6 Å². The van der Waals surface area contributed by atoms with Crippen molar-refractivity contribution in [3.63, 3.8) is 0 Å². The van der Waals surface area contributed by atoms with Crippen LogP contribution in [0, 0.1) is 18.6 Å². The highest BCUT2D eigenvalue weighted by molar-refractivity contribution is 9.10. The Morgan fingerprint density at radius 3 is 2.36 bits per heavy atom. The van der Waals surface area contributed by atoms with Gasteiger partial charge in [-0.2, -0.15) is 0 Å². The van der Waals surface area contributed by atoms with Crippen molar-refractivity contribution < 1.29 is 18.3 Å². The van der Waals surface area contributed by atoms with Crippen molar-refractivity contribution in [2.24, 2.45) is 0 Å². The molecule has 3 aromatic carbocycles. The minimum Gasteiger partial charge on any atom is -0.488 e. The van der Waals surface area contributed by atoms with E-state index < -0.39 is 11.6 Å². The fraction of sp³-hybridized carbons (Fsp3) is 0.207. The molecule has 1 N–H and O–H groups in total. The Labute approximate surface area is 218 Å². The Hall–Kier alpha value is -3.45. The number of benzene rings is 3. The predicted octanol–water partition coefficient (Wildman–Crippen LogP) is 7.60. The van der Waals surface area contributed by atoms with Crippen molar-refractivity contribution in [2.45, 2.75) is 39.8 Å². The summed E-state index contributed by atoms with van der Waals surface area (Å²) < 4.78 is 36.4. The number of hydrogen-bond donors (Lipinski definition) is 1. The second kappa shape index (κ2) is 10.3. The molecule has 0 spiro atoms. The second-order valence-electron chi connectivity index (χ2n) is 9.61. The van der Waals surface area contributed by atoms with Crippen LogP contribution in [0.5, 0.6) is 5.75 Å². The molecular weight excluding hydrogens is 526 g/mol. The average Bonchev–Trinajstić information content (AvgIpc) is 3.19. The van der Waals surface area contributed by atoms with Crippen molar-refractivity contribution in [1.29, 1.82) is 0 Å². The number of rotatable bonds is 6. The fourth-order valence-electron chi connectivity index (χ4n) is 3.89. The maximum Gasteiger partial charge on any atom is 0.251 e. The van der Waals surface area contributed by atoms with E-state index in [1.54, 1.807) is 12.1 Å². The number of hydrogen-bond acceptors (Lipinski definition) is 2. The molecule has 0 bridgehead atoms. The summed E-state index contributed by atoms with van der Waals surface area (Å²) >= 11 is 3.54. The Bertz CT molecular complexity index is 1410. The van der Waals surface area contributed by atoms with Gasteiger partial charge >= 0.3 is 0 Å². The minimum atomic E-state index is -0.650. The molecule has 0 saturated carbocycles. The molecule has 4 aromatic rings. The monoisotopic (exact) mass is 552 g/mol. The maximum absolute atomic E-state index is 14.1. The molecule has 0 unspecified atom stereocenters. The van der Waals surface area contributed by atoms with Crippen LogP contribution in [0.2, 0.25) is 0 Å². The molecule has 0 saturated heterocycles. The highest BCUT2D eigenvalue weighted by Gasteiger charge is 2.18.